The fraction of sp³-hybridized carbons (Fsp3) is 0.227. The maximum atomic E-state index is 9.92. The molecule has 0 N–H and O–H groups in total. The molecule has 4 rings (SSSR count). The van der Waals surface area contributed by atoms with E-state index in [9.17, 15) is 5.41 Å². The Morgan fingerprint density at radius 2 is 1.92 bits per heavy atom. The van der Waals surface area contributed by atoms with Gasteiger partial charge in [-0.1, -0.05) is 30.6 Å². The van der Waals surface area contributed by atoms with Gasteiger partial charge in [0.05, 0.1) is 5.69 Å². The number of terminal acetylenes is 1. The van der Waals surface area contributed by atoms with Gasteiger partial charge in [0.25, 0.3) is 0 Å². The van der Waals surface area contributed by atoms with Gasteiger partial charge < -0.3 is 5.41 Å². The lowest BCUT2D eigenvalue weighted by Gasteiger charge is -2.28. The molecule has 0 saturated heterocycles. The van der Waals surface area contributed by atoms with E-state index in [2.05, 4.69) is 39.4 Å². The molecule has 0 unspecified atom stereocenters. The zero-order valence-electron chi connectivity index (χ0n) is 14.4. The normalized spacial score (nSPS) is 16.7. The van der Waals surface area contributed by atoms with E-state index in [0.717, 1.165) is 28.5 Å². The van der Waals surface area contributed by atoms with Crippen LogP contribution >= 0.6 is 0 Å². The number of hydrogen-bond acceptors (Lipinski definition) is 3. The van der Waals surface area contributed by atoms with Crippen LogP contribution in [0.15, 0.2) is 36.3 Å². The smallest absolute Gasteiger partial charge is 0.160 e. The minimum absolute atomic E-state index is 0.524. The lowest BCUT2D eigenvalue weighted by molar-refractivity contribution is 0.362. The monoisotopic (exact) mass is 337 g/mol. The third-order valence-electron chi connectivity index (χ3n) is 5.06. The van der Waals surface area contributed by atoms with Gasteiger partial charge in [0.15, 0.2) is 5.48 Å². The number of allylic oxidation sites excluding steroid dienone is 3. The molecule has 0 aliphatic heterocycles. The Bertz CT molecular complexity index is 1100. The van der Waals surface area contributed by atoms with Gasteiger partial charge in [-0.05, 0) is 24.8 Å². The van der Waals surface area contributed by atoms with Crippen molar-refractivity contribution in [1.82, 2.24) is 15.0 Å². The number of nitrogens with zero attached hydrogens (tertiary/aromatic N) is 4. The Morgan fingerprint density at radius 1 is 1.15 bits per heavy atom. The average Bonchev–Trinajstić information content (AvgIpc) is 2.76. The summed E-state index contributed by atoms with van der Waals surface area (Å²) in [6, 6.07) is 1.87. The third kappa shape index (κ3) is 2.79. The molecular formula is C22H17N4-. The first-order chi connectivity index (χ1) is 12.7. The van der Waals surface area contributed by atoms with Gasteiger partial charge in [-0.2, -0.15) is 0 Å². The van der Waals surface area contributed by atoms with Gasteiger partial charge in [0, 0.05) is 52.5 Å². The number of rotatable bonds is 1. The Kier molecular flexibility index (Phi) is 4.08. The van der Waals surface area contributed by atoms with Gasteiger partial charge >= 0.3 is 0 Å². The minimum atomic E-state index is 0.524. The fourth-order valence-corrected chi connectivity index (χ4v) is 3.41. The molecule has 0 radical (unpaired) electrons. The molecule has 2 aliphatic carbocycles. The van der Waals surface area contributed by atoms with Gasteiger partial charge in [-0.3, -0.25) is 10.9 Å². The second-order valence-corrected chi connectivity index (χ2v) is 6.70. The molecule has 126 valence electrons. The summed E-state index contributed by atoms with van der Waals surface area (Å²) in [5.41, 5.74) is 5.43. The highest BCUT2D eigenvalue weighted by atomic mass is 14.8. The van der Waals surface area contributed by atoms with E-state index in [1.807, 2.05) is 6.07 Å². The van der Waals surface area contributed by atoms with Crippen molar-refractivity contribution in [2.45, 2.75) is 25.7 Å². The van der Waals surface area contributed by atoms with E-state index in [1.165, 1.54) is 24.8 Å². The summed E-state index contributed by atoms with van der Waals surface area (Å²) in [4.78, 5) is 13.4. The number of aromatic nitrogens is 3. The highest BCUT2D eigenvalue weighted by Crippen LogP contribution is 2.39. The molecule has 0 spiro atoms. The highest BCUT2D eigenvalue weighted by molar-refractivity contribution is 6.15. The van der Waals surface area contributed by atoms with Gasteiger partial charge in [-0.25, -0.2) is 9.97 Å². The molecule has 1 fully saturated rings. The third-order valence-corrected chi connectivity index (χ3v) is 5.06. The van der Waals surface area contributed by atoms with Crippen molar-refractivity contribution in [2.24, 2.45) is 5.92 Å². The van der Waals surface area contributed by atoms with Crippen LogP contribution in [-0.2, 0) is 6.42 Å². The second kappa shape index (κ2) is 6.55. The van der Waals surface area contributed by atoms with Crippen LogP contribution in [0.5, 0.6) is 0 Å². The largest absolute Gasteiger partial charge is 0.763 e. The van der Waals surface area contributed by atoms with Crippen LogP contribution in [0.2, 0.25) is 0 Å². The van der Waals surface area contributed by atoms with E-state index in [-0.39, 0.29) is 0 Å². The first kappa shape index (κ1) is 16.2. The molecule has 26 heavy (non-hydrogen) atoms. The summed E-state index contributed by atoms with van der Waals surface area (Å²) in [6.07, 6.45) is 17.0. The summed E-state index contributed by atoms with van der Waals surface area (Å²) < 4.78 is 0. The maximum Gasteiger partial charge on any atom is 0.160 e. The van der Waals surface area contributed by atoms with Crippen molar-refractivity contribution in [1.29, 1.82) is 0 Å². The lowest BCUT2D eigenvalue weighted by Crippen LogP contribution is -2.20. The molecule has 1 saturated carbocycles. The predicted molar refractivity (Wildman–Crippen MR) is 103 cm³/mol. The molecule has 0 amide bonds. The van der Waals surface area contributed by atoms with E-state index >= 15 is 0 Å². The Balaban J connectivity index is 2.02. The first-order valence-corrected chi connectivity index (χ1v) is 8.64. The van der Waals surface area contributed by atoms with Crippen LogP contribution in [0.25, 0.3) is 23.1 Å². The van der Waals surface area contributed by atoms with Crippen molar-refractivity contribution in [3.8, 4) is 12.3 Å². The van der Waals surface area contributed by atoms with Crippen molar-refractivity contribution >= 4 is 23.6 Å². The maximum absolute atomic E-state index is 9.92. The van der Waals surface area contributed by atoms with Crippen LogP contribution in [0.1, 0.15) is 36.1 Å². The Morgan fingerprint density at radius 3 is 2.54 bits per heavy atom. The van der Waals surface area contributed by atoms with Crippen molar-refractivity contribution in [2.75, 3.05) is 0 Å². The molecule has 0 aromatic carbocycles. The predicted octanol–water partition coefficient (Wildman–Crippen LogP) is 2.02. The van der Waals surface area contributed by atoms with Crippen molar-refractivity contribution in [3.05, 3.63) is 69.2 Å². The molecule has 4 nitrogen and oxygen atoms in total. The van der Waals surface area contributed by atoms with Crippen molar-refractivity contribution < 1.29 is 0 Å². The molecular weight excluding hydrogens is 320 g/mol. The molecule has 0 atom stereocenters. The van der Waals surface area contributed by atoms with E-state index in [1.54, 1.807) is 18.6 Å². The van der Waals surface area contributed by atoms with Gasteiger partial charge in [0.2, 0.25) is 0 Å². The standard InChI is InChI=1S/C22H17N4/c1-3-15-7-18-20(10-23)19(22-25-11-14(2)12-26-22)8-17(16-5-4-6-16)9-21(18)24-13-15/h1,7-8,11-13,16H,2,4-6,9H2/q-1. The number of pyridine rings is 1. The van der Waals surface area contributed by atoms with Crippen molar-refractivity contribution in [3.63, 3.8) is 0 Å². The summed E-state index contributed by atoms with van der Waals surface area (Å²) >= 11 is 0. The topological polar surface area (TPSA) is 61.0 Å². The number of fused-ring (bicyclic) bond motifs is 1. The summed E-state index contributed by atoms with van der Waals surface area (Å²) in [7, 11) is 0. The van der Waals surface area contributed by atoms with Crippen LogP contribution in [0.3, 0.4) is 0 Å². The minimum Gasteiger partial charge on any atom is -0.763 e. The Hall–Kier alpha value is -3.28. The lowest BCUT2D eigenvalue weighted by atomic mass is 9.78. The highest BCUT2D eigenvalue weighted by Gasteiger charge is 2.27. The quantitative estimate of drug-likeness (QED) is 0.591. The van der Waals surface area contributed by atoms with E-state index in [0.29, 0.717) is 22.5 Å². The van der Waals surface area contributed by atoms with Gasteiger partial charge in [-0.15, -0.1) is 6.42 Å². The molecule has 4 heteroatoms. The van der Waals surface area contributed by atoms with Crippen LogP contribution < -0.4 is 10.7 Å². The molecule has 2 heterocycles. The number of hydrogen-bond donors (Lipinski definition) is 0. The second-order valence-electron chi connectivity index (χ2n) is 6.70. The van der Waals surface area contributed by atoms with E-state index in [4.69, 9.17) is 6.42 Å². The average molecular weight is 337 g/mol. The summed E-state index contributed by atoms with van der Waals surface area (Å²) in [5, 5.41) is 10.7. The van der Waals surface area contributed by atoms with Gasteiger partial charge in [0.1, 0.15) is 0 Å². The molecule has 2 aromatic heterocycles. The summed E-state index contributed by atoms with van der Waals surface area (Å²) in [5.74, 6) is 5.49. The van der Waals surface area contributed by atoms with Crippen LogP contribution in [-0.4, -0.2) is 20.8 Å². The first-order valence-electron chi connectivity index (χ1n) is 8.64. The van der Waals surface area contributed by atoms with Crippen LogP contribution in [0.4, 0.5) is 0 Å². The Labute approximate surface area is 152 Å². The zero-order valence-corrected chi connectivity index (χ0v) is 14.4. The SMILES string of the molecule is C#Cc1cnc2c(c1)C(=C=[N-])C(=c1ncc(=C)cn1)C=C(C1CCC1)C2. The molecule has 2 aromatic rings. The van der Waals surface area contributed by atoms with Crippen LogP contribution in [0, 0.1) is 18.3 Å². The molecule has 0 bridgehead atoms. The summed E-state index contributed by atoms with van der Waals surface area (Å²) in [6.45, 7) is 3.84. The van der Waals surface area contributed by atoms with E-state index < -0.39 is 0 Å². The molecule has 2 aliphatic rings. The zero-order chi connectivity index (χ0) is 18.1. The fourth-order valence-electron chi connectivity index (χ4n) is 3.41.